The Kier molecular flexibility index (Phi) is 2.76. The van der Waals surface area contributed by atoms with Crippen molar-refractivity contribution in [3.8, 4) is 0 Å². The number of carbonyl (C=O) groups excluding carboxylic acids is 1. The van der Waals surface area contributed by atoms with Crippen LogP contribution < -0.4 is 5.73 Å². The SMILES string of the molecule is Cc1cn(CCC(N)=O)c(C)c1C. The molecule has 0 aromatic carbocycles. The zero-order chi connectivity index (χ0) is 10.0. The van der Waals surface area contributed by atoms with E-state index < -0.39 is 0 Å². The molecule has 0 saturated carbocycles. The number of hydrogen-bond acceptors (Lipinski definition) is 1. The standard InChI is InChI=1S/C10H16N2O/c1-7-6-12(5-4-10(11)13)9(3)8(7)2/h6H,4-5H2,1-3H3,(H2,11,13). The van der Waals surface area contributed by atoms with Crippen LogP contribution in [0.25, 0.3) is 0 Å². The minimum Gasteiger partial charge on any atom is -0.370 e. The molecule has 0 saturated heterocycles. The summed E-state index contributed by atoms with van der Waals surface area (Å²) >= 11 is 0. The topological polar surface area (TPSA) is 48.0 Å². The van der Waals surface area contributed by atoms with Crippen LogP contribution in [0.5, 0.6) is 0 Å². The molecule has 0 bridgehead atoms. The van der Waals surface area contributed by atoms with Crippen LogP contribution in [-0.2, 0) is 11.3 Å². The number of aryl methyl sites for hydroxylation is 2. The molecule has 1 amide bonds. The van der Waals surface area contributed by atoms with Gasteiger partial charge in [-0.15, -0.1) is 0 Å². The normalized spacial score (nSPS) is 10.4. The fourth-order valence-electron chi connectivity index (χ4n) is 1.39. The summed E-state index contributed by atoms with van der Waals surface area (Å²) in [5.74, 6) is -0.247. The van der Waals surface area contributed by atoms with E-state index in [9.17, 15) is 4.79 Å². The Labute approximate surface area is 78.5 Å². The number of hydrogen-bond donors (Lipinski definition) is 1. The largest absolute Gasteiger partial charge is 0.370 e. The van der Waals surface area contributed by atoms with Crippen molar-refractivity contribution < 1.29 is 4.79 Å². The Morgan fingerprint density at radius 2 is 2.08 bits per heavy atom. The van der Waals surface area contributed by atoms with Crippen molar-refractivity contribution in [2.24, 2.45) is 5.73 Å². The number of nitrogens with zero attached hydrogens (tertiary/aromatic N) is 1. The molecule has 3 heteroatoms. The van der Waals surface area contributed by atoms with Crippen LogP contribution in [0.2, 0.25) is 0 Å². The van der Waals surface area contributed by atoms with Crippen LogP contribution in [-0.4, -0.2) is 10.5 Å². The maximum atomic E-state index is 10.6. The lowest BCUT2D eigenvalue weighted by Crippen LogP contribution is -2.14. The van der Waals surface area contributed by atoms with Crippen LogP contribution in [0.4, 0.5) is 0 Å². The highest BCUT2D eigenvalue weighted by molar-refractivity contribution is 5.73. The number of aromatic nitrogens is 1. The molecule has 0 atom stereocenters. The summed E-state index contributed by atoms with van der Waals surface area (Å²) in [4.78, 5) is 10.6. The average molecular weight is 180 g/mol. The minimum absolute atomic E-state index is 0.247. The first-order chi connectivity index (χ1) is 6.02. The van der Waals surface area contributed by atoms with Gasteiger partial charge in [-0.1, -0.05) is 0 Å². The van der Waals surface area contributed by atoms with Crippen molar-refractivity contribution in [3.63, 3.8) is 0 Å². The molecular formula is C10H16N2O. The highest BCUT2D eigenvalue weighted by atomic mass is 16.1. The Balaban J connectivity index is 2.78. The number of rotatable bonds is 3. The molecule has 0 spiro atoms. The predicted molar refractivity (Wildman–Crippen MR) is 52.5 cm³/mol. The van der Waals surface area contributed by atoms with Crippen molar-refractivity contribution in [2.75, 3.05) is 0 Å². The number of amides is 1. The van der Waals surface area contributed by atoms with Gasteiger partial charge < -0.3 is 10.3 Å². The third-order valence-electron chi connectivity index (χ3n) is 2.51. The lowest BCUT2D eigenvalue weighted by molar-refractivity contribution is -0.118. The van der Waals surface area contributed by atoms with Crippen LogP contribution >= 0.6 is 0 Å². The highest BCUT2D eigenvalue weighted by Gasteiger charge is 2.05. The summed E-state index contributed by atoms with van der Waals surface area (Å²) in [6, 6.07) is 0. The van der Waals surface area contributed by atoms with Gasteiger partial charge in [-0.05, 0) is 31.9 Å². The maximum Gasteiger partial charge on any atom is 0.219 e. The molecule has 1 aromatic heterocycles. The number of carbonyl (C=O) groups is 1. The van der Waals surface area contributed by atoms with Crippen molar-refractivity contribution in [2.45, 2.75) is 33.7 Å². The summed E-state index contributed by atoms with van der Waals surface area (Å²) in [5, 5.41) is 0. The van der Waals surface area contributed by atoms with E-state index in [1.165, 1.54) is 16.8 Å². The van der Waals surface area contributed by atoms with Gasteiger partial charge in [0.1, 0.15) is 0 Å². The Hall–Kier alpha value is -1.25. The fourth-order valence-corrected chi connectivity index (χ4v) is 1.39. The highest BCUT2D eigenvalue weighted by Crippen LogP contribution is 2.14. The maximum absolute atomic E-state index is 10.6. The number of nitrogens with two attached hydrogens (primary N) is 1. The summed E-state index contributed by atoms with van der Waals surface area (Å²) in [7, 11) is 0. The summed E-state index contributed by atoms with van der Waals surface area (Å²) < 4.78 is 2.08. The lowest BCUT2D eigenvalue weighted by Gasteiger charge is -2.03. The molecule has 0 aliphatic carbocycles. The zero-order valence-electron chi connectivity index (χ0n) is 8.42. The van der Waals surface area contributed by atoms with Gasteiger partial charge in [0, 0.05) is 24.9 Å². The van der Waals surface area contributed by atoms with Gasteiger partial charge in [0.15, 0.2) is 0 Å². The fraction of sp³-hybridized carbons (Fsp3) is 0.500. The molecule has 3 nitrogen and oxygen atoms in total. The zero-order valence-corrected chi connectivity index (χ0v) is 8.42. The van der Waals surface area contributed by atoms with Crippen LogP contribution in [0.15, 0.2) is 6.20 Å². The molecule has 1 aromatic rings. The van der Waals surface area contributed by atoms with Gasteiger partial charge in [-0.25, -0.2) is 0 Å². The van der Waals surface area contributed by atoms with Crippen LogP contribution in [0.1, 0.15) is 23.2 Å². The van der Waals surface area contributed by atoms with E-state index in [0.717, 1.165) is 0 Å². The molecule has 0 aliphatic rings. The molecular weight excluding hydrogens is 164 g/mol. The molecule has 72 valence electrons. The third kappa shape index (κ3) is 2.11. The van der Waals surface area contributed by atoms with E-state index in [1.807, 2.05) is 0 Å². The van der Waals surface area contributed by atoms with Crippen molar-refractivity contribution in [1.29, 1.82) is 0 Å². The molecule has 0 radical (unpaired) electrons. The molecule has 1 rings (SSSR count). The monoisotopic (exact) mass is 180 g/mol. The van der Waals surface area contributed by atoms with E-state index in [2.05, 4.69) is 31.5 Å². The first kappa shape index (κ1) is 9.84. The Morgan fingerprint density at radius 3 is 2.46 bits per heavy atom. The summed E-state index contributed by atoms with van der Waals surface area (Å²) in [6.07, 6.45) is 2.47. The van der Waals surface area contributed by atoms with Gasteiger partial charge in [0.05, 0.1) is 0 Å². The Bertz CT molecular complexity index is 326. The van der Waals surface area contributed by atoms with Gasteiger partial charge in [-0.2, -0.15) is 0 Å². The Morgan fingerprint density at radius 1 is 1.46 bits per heavy atom. The van der Waals surface area contributed by atoms with Crippen molar-refractivity contribution >= 4 is 5.91 Å². The van der Waals surface area contributed by atoms with Gasteiger partial charge in [0.25, 0.3) is 0 Å². The van der Waals surface area contributed by atoms with E-state index in [4.69, 9.17) is 5.73 Å². The summed E-state index contributed by atoms with van der Waals surface area (Å²) in [5.41, 5.74) is 8.87. The second-order valence-corrected chi connectivity index (χ2v) is 3.43. The molecule has 2 N–H and O–H groups in total. The molecule has 0 unspecified atom stereocenters. The average Bonchev–Trinajstić information content (AvgIpc) is 2.29. The van der Waals surface area contributed by atoms with E-state index in [0.29, 0.717) is 13.0 Å². The first-order valence-corrected chi connectivity index (χ1v) is 4.43. The third-order valence-corrected chi connectivity index (χ3v) is 2.51. The van der Waals surface area contributed by atoms with Gasteiger partial charge in [0.2, 0.25) is 5.91 Å². The lowest BCUT2D eigenvalue weighted by atomic mass is 10.2. The van der Waals surface area contributed by atoms with Gasteiger partial charge in [-0.3, -0.25) is 4.79 Å². The second-order valence-electron chi connectivity index (χ2n) is 3.43. The first-order valence-electron chi connectivity index (χ1n) is 4.43. The quantitative estimate of drug-likeness (QED) is 0.748. The van der Waals surface area contributed by atoms with Crippen molar-refractivity contribution in [1.82, 2.24) is 4.57 Å². The van der Waals surface area contributed by atoms with E-state index >= 15 is 0 Å². The van der Waals surface area contributed by atoms with Crippen LogP contribution in [0.3, 0.4) is 0 Å². The van der Waals surface area contributed by atoms with E-state index in [-0.39, 0.29) is 5.91 Å². The molecule has 0 fully saturated rings. The smallest absolute Gasteiger partial charge is 0.219 e. The summed E-state index contributed by atoms with van der Waals surface area (Å²) in [6.45, 7) is 6.91. The van der Waals surface area contributed by atoms with E-state index in [1.54, 1.807) is 0 Å². The minimum atomic E-state index is -0.247. The van der Waals surface area contributed by atoms with Crippen LogP contribution in [0, 0.1) is 20.8 Å². The second kappa shape index (κ2) is 3.64. The number of primary amides is 1. The predicted octanol–water partition coefficient (Wildman–Crippen LogP) is 1.29. The van der Waals surface area contributed by atoms with Gasteiger partial charge >= 0.3 is 0 Å². The molecule has 13 heavy (non-hydrogen) atoms. The van der Waals surface area contributed by atoms with Crippen molar-refractivity contribution in [3.05, 3.63) is 23.0 Å². The molecule has 0 aliphatic heterocycles. The molecule has 1 heterocycles.